The Morgan fingerprint density at radius 2 is 1.67 bits per heavy atom. The minimum atomic E-state index is 0.0272. The Morgan fingerprint density at radius 1 is 0.967 bits per heavy atom. The average molecular weight is 465 g/mol. The Balaban J connectivity index is 1.67. The second-order valence-electron chi connectivity index (χ2n) is 8.05. The Hall–Kier alpha value is -2.44. The van der Waals surface area contributed by atoms with Crippen LogP contribution in [0.1, 0.15) is 36.7 Å². The van der Waals surface area contributed by atoms with Crippen LogP contribution in [0.25, 0.3) is 28.1 Å². The van der Waals surface area contributed by atoms with Crippen LogP contribution >= 0.6 is 15.9 Å². The summed E-state index contributed by atoms with van der Waals surface area (Å²) in [6.45, 7) is 5.85. The summed E-state index contributed by atoms with van der Waals surface area (Å²) in [6.07, 6.45) is 3.91. The highest BCUT2D eigenvalue weighted by Crippen LogP contribution is 2.31. The topological polar surface area (TPSA) is 42.5 Å². The number of aromatic nitrogens is 3. The number of Topliss-reactive ketones (excluding diaryl/α,β-unsaturated/α-hetero) is 1. The number of nitrogens with zero attached hydrogens (tertiary/aromatic N) is 4. The number of benzene rings is 2. The fraction of sp³-hybridized carbons (Fsp3) is 0.333. The van der Waals surface area contributed by atoms with Gasteiger partial charge in [-0.3, -0.25) is 9.20 Å². The first kappa shape index (κ1) is 19.5. The van der Waals surface area contributed by atoms with Crippen LogP contribution in [0, 0.1) is 0 Å². The number of halogens is 1. The number of hydrogen-bond acceptors (Lipinski definition) is 3. The van der Waals surface area contributed by atoms with Crippen molar-refractivity contribution in [2.75, 3.05) is 19.6 Å². The third-order valence-corrected chi connectivity index (χ3v) is 6.58. The largest absolute Gasteiger partial charge is 0.308 e. The molecule has 1 saturated heterocycles. The number of para-hydroxylation sites is 2. The molecule has 0 atom stereocenters. The van der Waals surface area contributed by atoms with E-state index in [4.69, 9.17) is 4.98 Å². The predicted molar refractivity (Wildman–Crippen MR) is 124 cm³/mol. The van der Waals surface area contributed by atoms with E-state index in [2.05, 4.69) is 43.6 Å². The van der Waals surface area contributed by atoms with Gasteiger partial charge in [-0.1, -0.05) is 46.6 Å². The van der Waals surface area contributed by atoms with Crippen molar-refractivity contribution in [1.29, 1.82) is 0 Å². The van der Waals surface area contributed by atoms with Gasteiger partial charge in [0.05, 0.1) is 11.0 Å². The maximum Gasteiger partial charge on any atom is 0.216 e. The van der Waals surface area contributed by atoms with Crippen LogP contribution < -0.4 is 0 Å². The van der Waals surface area contributed by atoms with Crippen LogP contribution in [0.5, 0.6) is 0 Å². The quantitative estimate of drug-likeness (QED) is 0.371. The maximum absolute atomic E-state index is 12.8. The van der Waals surface area contributed by atoms with E-state index in [-0.39, 0.29) is 5.78 Å². The third kappa shape index (κ3) is 3.38. The number of carbonyl (C=O) groups excluding carboxylic acids is 1. The number of likely N-dealkylation sites (tertiary alicyclic amines) is 1. The summed E-state index contributed by atoms with van der Waals surface area (Å²) < 4.78 is 5.33. The number of hydrogen-bond donors (Lipinski definition) is 0. The zero-order valence-electron chi connectivity index (χ0n) is 17.1. The Kier molecular flexibility index (Phi) is 5.21. The van der Waals surface area contributed by atoms with E-state index in [9.17, 15) is 4.79 Å². The summed E-state index contributed by atoms with van der Waals surface area (Å²) in [5, 5.41) is 0. The highest BCUT2D eigenvalue weighted by Gasteiger charge is 2.24. The van der Waals surface area contributed by atoms with Gasteiger partial charge in [0, 0.05) is 30.0 Å². The molecule has 0 N–H and O–H groups in total. The molecule has 154 valence electrons. The van der Waals surface area contributed by atoms with Gasteiger partial charge in [-0.15, -0.1) is 0 Å². The molecule has 0 unspecified atom stereocenters. The molecule has 0 saturated carbocycles. The smallest absolute Gasteiger partial charge is 0.216 e. The monoisotopic (exact) mass is 464 g/mol. The first-order valence-corrected chi connectivity index (χ1v) is 11.4. The molecule has 0 amide bonds. The highest BCUT2D eigenvalue weighted by atomic mass is 79.9. The van der Waals surface area contributed by atoms with E-state index < -0.39 is 0 Å². The van der Waals surface area contributed by atoms with E-state index in [1.165, 1.54) is 32.4 Å². The van der Waals surface area contributed by atoms with Gasteiger partial charge >= 0.3 is 0 Å². The van der Waals surface area contributed by atoms with Gasteiger partial charge < -0.3 is 9.47 Å². The van der Waals surface area contributed by atoms with Crippen LogP contribution in [0.2, 0.25) is 0 Å². The lowest BCUT2D eigenvalue weighted by Crippen LogP contribution is -2.32. The van der Waals surface area contributed by atoms with Crippen molar-refractivity contribution < 1.29 is 4.79 Å². The average Bonchev–Trinajstić information content (AvgIpc) is 3.29. The van der Waals surface area contributed by atoms with Gasteiger partial charge in [-0.25, -0.2) is 4.98 Å². The molecule has 1 aliphatic heterocycles. The number of ketones is 1. The lowest BCUT2D eigenvalue weighted by Gasteiger charge is -2.26. The minimum Gasteiger partial charge on any atom is -0.308 e. The standard InChI is InChI=1S/C24H25BrN4O/c1-17(30)23-22(18-9-11-19(25)12-10-18)26-24-28(16-15-27-13-5-2-6-14-27)20-7-3-4-8-21(20)29(23)24/h3-4,7-12H,2,5-6,13-16H2,1H3. The first-order chi connectivity index (χ1) is 14.6. The van der Waals surface area contributed by atoms with Crippen LogP contribution in [-0.4, -0.2) is 44.3 Å². The molecule has 30 heavy (non-hydrogen) atoms. The van der Waals surface area contributed by atoms with Crippen molar-refractivity contribution in [2.24, 2.45) is 0 Å². The van der Waals surface area contributed by atoms with Crippen LogP contribution in [0.15, 0.2) is 53.0 Å². The van der Waals surface area contributed by atoms with Gasteiger partial charge in [0.1, 0.15) is 11.4 Å². The summed E-state index contributed by atoms with van der Waals surface area (Å²) in [6, 6.07) is 16.3. The van der Waals surface area contributed by atoms with Crippen molar-refractivity contribution in [3.63, 3.8) is 0 Å². The van der Waals surface area contributed by atoms with Crippen molar-refractivity contribution in [3.05, 3.63) is 58.7 Å². The first-order valence-electron chi connectivity index (χ1n) is 10.6. The van der Waals surface area contributed by atoms with Gasteiger partial charge in [-0.05, 0) is 50.2 Å². The van der Waals surface area contributed by atoms with Crippen molar-refractivity contribution in [1.82, 2.24) is 18.9 Å². The molecular weight excluding hydrogens is 440 g/mol. The molecule has 1 aliphatic rings. The summed E-state index contributed by atoms with van der Waals surface area (Å²) in [5.74, 6) is 0.871. The third-order valence-electron chi connectivity index (χ3n) is 6.05. The second-order valence-corrected chi connectivity index (χ2v) is 8.97. The number of carbonyl (C=O) groups is 1. The summed E-state index contributed by atoms with van der Waals surface area (Å²) in [5.41, 5.74) is 4.52. The van der Waals surface area contributed by atoms with E-state index in [1.54, 1.807) is 6.92 Å². The van der Waals surface area contributed by atoms with Gasteiger partial charge in [-0.2, -0.15) is 0 Å². The molecular formula is C24H25BrN4O. The molecule has 5 rings (SSSR count). The molecule has 0 bridgehead atoms. The fourth-order valence-electron chi connectivity index (χ4n) is 4.59. The molecule has 3 heterocycles. The lowest BCUT2D eigenvalue weighted by atomic mass is 10.1. The molecule has 0 spiro atoms. The van der Waals surface area contributed by atoms with Gasteiger partial charge in [0.2, 0.25) is 5.78 Å². The number of fused-ring (bicyclic) bond motifs is 3. The van der Waals surface area contributed by atoms with Crippen molar-refractivity contribution >= 4 is 38.5 Å². The van der Waals surface area contributed by atoms with Crippen molar-refractivity contribution in [2.45, 2.75) is 32.7 Å². The molecule has 0 radical (unpaired) electrons. The van der Waals surface area contributed by atoms with E-state index in [0.717, 1.165) is 45.6 Å². The van der Waals surface area contributed by atoms with Crippen molar-refractivity contribution in [3.8, 4) is 11.3 Å². The Bertz CT molecular complexity index is 1220. The summed E-state index contributed by atoms with van der Waals surface area (Å²) in [7, 11) is 0. The molecule has 4 aromatic rings. The Morgan fingerprint density at radius 3 is 2.37 bits per heavy atom. The summed E-state index contributed by atoms with van der Waals surface area (Å²) in [4.78, 5) is 20.3. The predicted octanol–water partition coefficient (Wildman–Crippen LogP) is 5.41. The number of imidazole rings is 2. The molecule has 6 heteroatoms. The maximum atomic E-state index is 12.8. The number of rotatable bonds is 5. The Labute approximate surface area is 184 Å². The fourth-order valence-corrected chi connectivity index (χ4v) is 4.85. The number of piperidine rings is 1. The lowest BCUT2D eigenvalue weighted by molar-refractivity contribution is 0.101. The summed E-state index contributed by atoms with van der Waals surface area (Å²) >= 11 is 3.49. The normalized spacial score (nSPS) is 15.3. The van der Waals surface area contributed by atoms with E-state index >= 15 is 0 Å². The molecule has 1 fully saturated rings. The molecule has 5 nitrogen and oxygen atoms in total. The molecule has 2 aromatic carbocycles. The van der Waals surface area contributed by atoms with Gasteiger partial charge in [0.15, 0.2) is 5.78 Å². The minimum absolute atomic E-state index is 0.0272. The second kappa shape index (κ2) is 8.00. The molecule has 2 aromatic heterocycles. The van der Waals surface area contributed by atoms with Crippen LogP contribution in [0.3, 0.4) is 0 Å². The highest BCUT2D eigenvalue weighted by molar-refractivity contribution is 9.10. The van der Waals surface area contributed by atoms with E-state index in [0.29, 0.717) is 5.69 Å². The van der Waals surface area contributed by atoms with Crippen LogP contribution in [-0.2, 0) is 6.54 Å². The zero-order valence-corrected chi connectivity index (χ0v) is 18.7. The molecule has 0 aliphatic carbocycles. The van der Waals surface area contributed by atoms with Gasteiger partial charge in [0.25, 0.3) is 0 Å². The van der Waals surface area contributed by atoms with E-state index in [1.807, 2.05) is 34.7 Å². The van der Waals surface area contributed by atoms with Crippen LogP contribution in [0.4, 0.5) is 0 Å². The SMILES string of the molecule is CC(=O)c1c(-c2ccc(Br)cc2)nc2n(CCN3CCCCC3)c3ccccc3n12. The zero-order chi connectivity index (χ0) is 20.7.